The second-order valence-electron chi connectivity index (χ2n) is 4.10. The molecule has 1 aromatic rings. The van der Waals surface area contributed by atoms with E-state index in [2.05, 4.69) is 0 Å². The molecule has 1 aromatic carbocycles. The van der Waals surface area contributed by atoms with E-state index in [0.29, 0.717) is 24.5 Å². The van der Waals surface area contributed by atoms with Gasteiger partial charge in [0.1, 0.15) is 11.5 Å². The number of benzene rings is 1. The van der Waals surface area contributed by atoms with Gasteiger partial charge in [-0.15, -0.1) is 12.4 Å². The average molecular weight is 288 g/mol. The highest BCUT2D eigenvalue weighted by Crippen LogP contribution is 2.36. The number of fused-ring (bicyclic) bond motifs is 1. The number of halogens is 1. The van der Waals surface area contributed by atoms with Gasteiger partial charge < -0.3 is 19.9 Å². The quantitative estimate of drug-likeness (QED) is 0.859. The Morgan fingerprint density at radius 1 is 1.53 bits per heavy atom. The standard InChI is InChI=1S/C13H17NO4.ClH/c1-3-17-13(15)12-7-10(14)9-5-4-8(16-2)6-11(9)18-12;/h4-6,10,12H,3,7,14H2,1-2H3;1H. The maximum absolute atomic E-state index is 11.7. The normalized spacial score (nSPS) is 20.6. The van der Waals surface area contributed by atoms with Gasteiger partial charge in [-0.25, -0.2) is 4.79 Å². The van der Waals surface area contributed by atoms with Crippen molar-refractivity contribution in [3.8, 4) is 11.5 Å². The lowest BCUT2D eigenvalue weighted by molar-refractivity contribution is -0.152. The van der Waals surface area contributed by atoms with E-state index in [1.807, 2.05) is 12.1 Å². The molecule has 0 aliphatic carbocycles. The van der Waals surface area contributed by atoms with E-state index in [1.165, 1.54) is 0 Å². The molecule has 0 saturated carbocycles. The zero-order chi connectivity index (χ0) is 13.1. The molecule has 2 atom stereocenters. The molecule has 1 heterocycles. The van der Waals surface area contributed by atoms with Crippen LogP contribution in [0.25, 0.3) is 0 Å². The molecule has 0 bridgehead atoms. The van der Waals surface area contributed by atoms with Gasteiger partial charge in [-0.05, 0) is 13.0 Å². The topological polar surface area (TPSA) is 70.8 Å². The lowest BCUT2D eigenvalue weighted by atomic mass is 9.97. The van der Waals surface area contributed by atoms with Gasteiger partial charge in [0.15, 0.2) is 6.10 Å². The van der Waals surface area contributed by atoms with Crippen molar-refractivity contribution in [3.63, 3.8) is 0 Å². The van der Waals surface area contributed by atoms with Gasteiger partial charge in [-0.2, -0.15) is 0 Å². The first kappa shape index (κ1) is 15.6. The Morgan fingerprint density at radius 3 is 2.89 bits per heavy atom. The molecule has 106 valence electrons. The Hall–Kier alpha value is -1.46. The van der Waals surface area contributed by atoms with Gasteiger partial charge in [0.2, 0.25) is 0 Å². The van der Waals surface area contributed by atoms with E-state index in [9.17, 15) is 4.79 Å². The van der Waals surface area contributed by atoms with Crippen molar-refractivity contribution >= 4 is 18.4 Å². The Morgan fingerprint density at radius 2 is 2.26 bits per heavy atom. The predicted molar refractivity (Wildman–Crippen MR) is 72.8 cm³/mol. The number of esters is 1. The lowest BCUT2D eigenvalue weighted by Gasteiger charge is -2.29. The minimum Gasteiger partial charge on any atom is -0.497 e. The Labute approximate surface area is 118 Å². The molecule has 0 saturated heterocycles. The summed E-state index contributed by atoms with van der Waals surface area (Å²) in [6.45, 7) is 2.09. The maximum Gasteiger partial charge on any atom is 0.347 e. The van der Waals surface area contributed by atoms with Gasteiger partial charge in [0.05, 0.1) is 13.7 Å². The summed E-state index contributed by atoms with van der Waals surface area (Å²) in [6, 6.07) is 5.20. The first-order valence-corrected chi connectivity index (χ1v) is 5.92. The minimum absolute atomic E-state index is 0. The van der Waals surface area contributed by atoms with Crippen molar-refractivity contribution in [2.45, 2.75) is 25.5 Å². The Balaban J connectivity index is 0.00000180. The van der Waals surface area contributed by atoms with Crippen LogP contribution >= 0.6 is 12.4 Å². The molecule has 0 fully saturated rings. The van der Waals surface area contributed by atoms with Crippen LogP contribution in [0.15, 0.2) is 18.2 Å². The van der Waals surface area contributed by atoms with E-state index < -0.39 is 6.10 Å². The van der Waals surface area contributed by atoms with Crippen LogP contribution in [0.3, 0.4) is 0 Å². The van der Waals surface area contributed by atoms with Gasteiger partial charge >= 0.3 is 5.97 Å². The summed E-state index contributed by atoms with van der Waals surface area (Å²) in [7, 11) is 1.58. The van der Waals surface area contributed by atoms with E-state index in [-0.39, 0.29) is 24.4 Å². The van der Waals surface area contributed by atoms with Crippen LogP contribution in [0.5, 0.6) is 11.5 Å². The molecule has 2 rings (SSSR count). The molecule has 5 nitrogen and oxygen atoms in total. The second-order valence-corrected chi connectivity index (χ2v) is 4.10. The number of methoxy groups -OCH3 is 1. The molecule has 0 amide bonds. The highest BCUT2D eigenvalue weighted by Gasteiger charge is 2.32. The van der Waals surface area contributed by atoms with Gasteiger partial charge in [0, 0.05) is 24.1 Å². The Kier molecular flexibility index (Phi) is 5.44. The van der Waals surface area contributed by atoms with E-state index in [1.54, 1.807) is 20.1 Å². The summed E-state index contributed by atoms with van der Waals surface area (Å²) in [5.41, 5.74) is 6.92. The molecule has 2 unspecified atom stereocenters. The minimum atomic E-state index is -0.639. The molecule has 1 aliphatic rings. The summed E-state index contributed by atoms with van der Waals surface area (Å²) < 4.78 is 15.7. The molecule has 19 heavy (non-hydrogen) atoms. The molecule has 0 spiro atoms. The number of carbonyl (C=O) groups excluding carboxylic acids is 1. The molecule has 0 radical (unpaired) electrons. The van der Waals surface area contributed by atoms with Crippen molar-refractivity contribution in [3.05, 3.63) is 23.8 Å². The van der Waals surface area contributed by atoms with Crippen LogP contribution in [-0.4, -0.2) is 25.8 Å². The van der Waals surface area contributed by atoms with Crippen LogP contribution < -0.4 is 15.2 Å². The number of rotatable bonds is 3. The summed E-state index contributed by atoms with van der Waals surface area (Å²) in [4.78, 5) is 11.7. The first-order chi connectivity index (χ1) is 8.65. The first-order valence-electron chi connectivity index (χ1n) is 5.92. The monoisotopic (exact) mass is 287 g/mol. The third-order valence-electron chi connectivity index (χ3n) is 2.91. The lowest BCUT2D eigenvalue weighted by Crippen LogP contribution is -2.36. The largest absolute Gasteiger partial charge is 0.497 e. The van der Waals surface area contributed by atoms with Gasteiger partial charge in [0.25, 0.3) is 0 Å². The number of nitrogens with two attached hydrogens (primary N) is 1. The summed E-state index contributed by atoms with van der Waals surface area (Å²) >= 11 is 0. The van der Waals surface area contributed by atoms with Crippen LogP contribution in [0.4, 0.5) is 0 Å². The molecule has 6 heteroatoms. The maximum atomic E-state index is 11.7. The fourth-order valence-corrected chi connectivity index (χ4v) is 1.99. The second kappa shape index (κ2) is 6.63. The number of hydrogen-bond acceptors (Lipinski definition) is 5. The summed E-state index contributed by atoms with van der Waals surface area (Å²) in [5.74, 6) is 0.887. The average Bonchev–Trinajstić information content (AvgIpc) is 2.38. The van der Waals surface area contributed by atoms with Crippen LogP contribution in [0.2, 0.25) is 0 Å². The molecule has 0 aromatic heterocycles. The van der Waals surface area contributed by atoms with Crippen LogP contribution in [0, 0.1) is 0 Å². The Bertz CT molecular complexity index is 452. The zero-order valence-corrected chi connectivity index (χ0v) is 11.7. The van der Waals surface area contributed by atoms with Crippen LogP contribution in [-0.2, 0) is 9.53 Å². The van der Waals surface area contributed by atoms with Gasteiger partial charge in [-0.1, -0.05) is 6.07 Å². The number of hydrogen-bond donors (Lipinski definition) is 1. The molecule has 2 N–H and O–H groups in total. The van der Waals surface area contributed by atoms with E-state index in [0.717, 1.165) is 5.56 Å². The smallest absolute Gasteiger partial charge is 0.347 e. The summed E-state index contributed by atoms with van der Waals surface area (Å²) in [6.07, 6.45) is -0.211. The third kappa shape index (κ3) is 3.30. The fourth-order valence-electron chi connectivity index (χ4n) is 1.99. The number of ether oxygens (including phenoxy) is 3. The molecular formula is C13H18ClNO4. The van der Waals surface area contributed by atoms with Crippen LogP contribution in [0.1, 0.15) is 24.9 Å². The summed E-state index contributed by atoms with van der Waals surface area (Å²) in [5, 5.41) is 0. The van der Waals surface area contributed by atoms with Crippen molar-refractivity contribution in [1.29, 1.82) is 0 Å². The van der Waals surface area contributed by atoms with E-state index >= 15 is 0 Å². The molecular weight excluding hydrogens is 270 g/mol. The van der Waals surface area contributed by atoms with E-state index in [4.69, 9.17) is 19.9 Å². The molecule has 1 aliphatic heterocycles. The number of carbonyl (C=O) groups is 1. The van der Waals surface area contributed by atoms with Crippen molar-refractivity contribution in [1.82, 2.24) is 0 Å². The SMILES string of the molecule is CCOC(=O)C1CC(N)c2ccc(OC)cc2O1.Cl. The van der Waals surface area contributed by atoms with Crippen molar-refractivity contribution < 1.29 is 19.0 Å². The third-order valence-corrected chi connectivity index (χ3v) is 2.91. The van der Waals surface area contributed by atoms with Crippen molar-refractivity contribution in [2.75, 3.05) is 13.7 Å². The fraction of sp³-hybridized carbons (Fsp3) is 0.462. The zero-order valence-electron chi connectivity index (χ0n) is 10.9. The highest BCUT2D eigenvalue weighted by molar-refractivity contribution is 5.85. The highest BCUT2D eigenvalue weighted by atomic mass is 35.5. The predicted octanol–water partition coefficient (Wildman–Crippen LogP) is 1.83. The van der Waals surface area contributed by atoms with Crippen molar-refractivity contribution in [2.24, 2.45) is 5.73 Å². The van der Waals surface area contributed by atoms with Gasteiger partial charge in [-0.3, -0.25) is 0 Å².